The van der Waals surface area contributed by atoms with Gasteiger partial charge in [0.05, 0.1) is 5.60 Å². The Morgan fingerprint density at radius 2 is 1.72 bits per heavy atom. The van der Waals surface area contributed by atoms with Crippen LogP contribution in [0.15, 0.2) is 0 Å². The molecule has 0 radical (unpaired) electrons. The second-order valence-electron chi connectivity index (χ2n) is 10.1. The van der Waals surface area contributed by atoms with E-state index in [9.17, 15) is 15.0 Å². The minimum atomic E-state index is -0.812. The van der Waals surface area contributed by atoms with Gasteiger partial charge in [0.15, 0.2) is 5.78 Å². The van der Waals surface area contributed by atoms with Crippen LogP contribution in [0.4, 0.5) is 4.39 Å². The Balaban J connectivity index is 1.58. The highest BCUT2D eigenvalue weighted by molar-refractivity contribution is 5.83. The maximum Gasteiger partial charge on any atom is 0.161 e. The number of Topliss-reactive ketones (excluding diaryl/α,β-unsaturated/α-hetero) is 1. The van der Waals surface area contributed by atoms with Gasteiger partial charge in [-0.2, -0.15) is 0 Å². The third-order valence-corrected chi connectivity index (χ3v) is 8.79. The van der Waals surface area contributed by atoms with E-state index >= 15 is 4.39 Å². The molecular weight excluding hydrogens is 319 g/mol. The van der Waals surface area contributed by atoms with Gasteiger partial charge in [-0.1, -0.05) is 6.92 Å². The zero-order valence-electron chi connectivity index (χ0n) is 15.6. The first kappa shape index (κ1) is 17.9. The van der Waals surface area contributed by atoms with E-state index in [-0.39, 0.29) is 29.6 Å². The number of hydrogen-bond acceptors (Lipinski definition) is 3. The summed E-state index contributed by atoms with van der Waals surface area (Å²) < 4.78 is 15.1. The lowest BCUT2D eigenvalue weighted by Gasteiger charge is -2.57. The maximum absolute atomic E-state index is 15.1. The first-order chi connectivity index (χ1) is 11.8. The van der Waals surface area contributed by atoms with E-state index in [1.807, 2.05) is 6.92 Å². The molecule has 4 fully saturated rings. The summed E-state index contributed by atoms with van der Waals surface area (Å²) in [4.78, 5) is 12.2. The summed E-state index contributed by atoms with van der Waals surface area (Å²) in [6.45, 7) is 3.73. The molecule has 0 unspecified atom stereocenters. The molecule has 4 aliphatic rings. The molecule has 0 aromatic rings. The van der Waals surface area contributed by atoms with Crippen LogP contribution in [-0.2, 0) is 4.79 Å². The first-order valence-corrected chi connectivity index (χ1v) is 10.3. The number of fused-ring (bicyclic) bond motifs is 5. The second kappa shape index (κ2) is 6.02. The van der Waals surface area contributed by atoms with E-state index in [1.165, 1.54) is 0 Å². The number of halogens is 1. The molecule has 4 saturated carbocycles. The number of hydrogen-bond donors (Lipinski definition) is 2. The summed E-state index contributed by atoms with van der Waals surface area (Å²) in [7, 11) is 0. The normalized spacial score (nSPS) is 55.2. The van der Waals surface area contributed by atoms with Gasteiger partial charge in [-0.15, -0.1) is 0 Å². The van der Waals surface area contributed by atoms with Crippen molar-refractivity contribution in [3.05, 3.63) is 0 Å². The van der Waals surface area contributed by atoms with Crippen molar-refractivity contribution in [2.75, 3.05) is 6.61 Å². The predicted octanol–water partition coefficient (Wildman–Crippen LogP) is 3.52. The van der Waals surface area contributed by atoms with Crippen LogP contribution in [0.2, 0.25) is 0 Å². The van der Waals surface area contributed by atoms with E-state index in [0.717, 1.165) is 38.5 Å². The minimum Gasteiger partial charge on any atom is -0.390 e. The molecule has 0 bridgehead atoms. The Morgan fingerprint density at radius 1 is 1.04 bits per heavy atom. The lowest BCUT2D eigenvalue weighted by atomic mass is 9.48. The Morgan fingerprint density at radius 3 is 2.44 bits per heavy atom. The lowest BCUT2D eigenvalue weighted by molar-refractivity contribution is -0.140. The van der Waals surface area contributed by atoms with Crippen LogP contribution in [0.3, 0.4) is 0 Å². The maximum atomic E-state index is 15.1. The fourth-order valence-corrected chi connectivity index (χ4v) is 7.64. The van der Waals surface area contributed by atoms with Crippen LogP contribution in [0.5, 0.6) is 0 Å². The fourth-order valence-electron chi connectivity index (χ4n) is 7.64. The predicted molar refractivity (Wildman–Crippen MR) is 93.6 cm³/mol. The van der Waals surface area contributed by atoms with Crippen LogP contribution < -0.4 is 0 Å². The molecule has 4 rings (SSSR count). The Bertz CT molecular complexity index is 547. The zero-order valence-corrected chi connectivity index (χ0v) is 15.6. The van der Waals surface area contributed by atoms with Gasteiger partial charge in [-0.05, 0) is 93.3 Å². The minimum absolute atomic E-state index is 0.0114. The molecule has 2 N–H and O–H groups in total. The molecular formula is C21H33FO3. The van der Waals surface area contributed by atoms with Crippen molar-refractivity contribution in [1.82, 2.24) is 0 Å². The van der Waals surface area contributed by atoms with E-state index in [2.05, 4.69) is 6.92 Å². The molecule has 0 heterocycles. The van der Waals surface area contributed by atoms with Crippen LogP contribution in [-0.4, -0.2) is 34.4 Å². The molecule has 0 aliphatic heterocycles. The molecule has 0 aromatic heterocycles. The van der Waals surface area contributed by atoms with Gasteiger partial charge in [0.1, 0.15) is 12.8 Å². The van der Waals surface area contributed by atoms with Crippen LogP contribution in [0.25, 0.3) is 0 Å². The van der Waals surface area contributed by atoms with E-state index in [0.29, 0.717) is 36.5 Å². The topological polar surface area (TPSA) is 57.5 Å². The SMILES string of the molecule is C[C@@]1(O)CC[C@@H]2[C@H]3CC[C@]4(C)[C@@H](C(=O)CO)CC[C@H]4[C@@H]3C[C@@H](F)[C@@H]2C1. The fraction of sp³-hybridized carbons (Fsp3) is 0.952. The zero-order chi connectivity index (χ0) is 18.0. The van der Waals surface area contributed by atoms with Crippen LogP contribution in [0, 0.1) is 40.9 Å². The van der Waals surface area contributed by atoms with E-state index < -0.39 is 11.8 Å². The number of carbonyl (C=O) groups is 1. The molecule has 0 spiro atoms. The van der Waals surface area contributed by atoms with Crippen molar-refractivity contribution in [3.63, 3.8) is 0 Å². The van der Waals surface area contributed by atoms with Gasteiger partial charge in [0.25, 0.3) is 0 Å². The molecule has 0 amide bonds. The summed E-state index contributed by atoms with van der Waals surface area (Å²) >= 11 is 0. The highest BCUT2D eigenvalue weighted by atomic mass is 19.1. The molecule has 4 aliphatic carbocycles. The Kier molecular flexibility index (Phi) is 4.31. The van der Waals surface area contributed by atoms with Crippen molar-refractivity contribution < 1.29 is 19.4 Å². The van der Waals surface area contributed by atoms with Crippen molar-refractivity contribution in [2.45, 2.75) is 77.0 Å². The third kappa shape index (κ3) is 2.70. The average molecular weight is 352 g/mol. The van der Waals surface area contributed by atoms with Crippen LogP contribution >= 0.6 is 0 Å². The van der Waals surface area contributed by atoms with E-state index in [4.69, 9.17) is 0 Å². The summed E-state index contributed by atoms with van der Waals surface area (Å²) in [6.07, 6.45) is 6.14. The largest absolute Gasteiger partial charge is 0.390 e. The molecule has 142 valence electrons. The van der Waals surface area contributed by atoms with Crippen molar-refractivity contribution in [2.24, 2.45) is 40.9 Å². The van der Waals surface area contributed by atoms with Crippen molar-refractivity contribution in [1.29, 1.82) is 0 Å². The van der Waals surface area contributed by atoms with Gasteiger partial charge in [-0.3, -0.25) is 4.79 Å². The third-order valence-electron chi connectivity index (χ3n) is 8.79. The van der Waals surface area contributed by atoms with Gasteiger partial charge in [-0.25, -0.2) is 4.39 Å². The summed E-state index contributed by atoms with van der Waals surface area (Å²) in [6, 6.07) is 0. The number of rotatable bonds is 2. The molecule has 3 nitrogen and oxygen atoms in total. The number of carbonyl (C=O) groups excluding carboxylic acids is 1. The summed E-state index contributed by atoms with van der Waals surface area (Å²) in [5.41, 5.74) is -0.749. The summed E-state index contributed by atoms with van der Waals surface area (Å²) in [5, 5.41) is 19.8. The van der Waals surface area contributed by atoms with Crippen molar-refractivity contribution in [3.8, 4) is 0 Å². The smallest absolute Gasteiger partial charge is 0.161 e. The van der Waals surface area contributed by atoms with E-state index in [1.54, 1.807) is 0 Å². The lowest BCUT2D eigenvalue weighted by Crippen LogP contribution is -2.54. The number of ketones is 1. The summed E-state index contributed by atoms with van der Waals surface area (Å²) in [5.74, 6) is 1.75. The second-order valence-corrected chi connectivity index (χ2v) is 10.1. The Labute approximate surface area is 150 Å². The quantitative estimate of drug-likeness (QED) is 0.799. The first-order valence-electron chi connectivity index (χ1n) is 10.3. The Hall–Kier alpha value is -0.480. The van der Waals surface area contributed by atoms with Gasteiger partial charge in [0.2, 0.25) is 0 Å². The molecule has 0 aromatic carbocycles. The number of aliphatic hydroxyl groups excluding tert-OH is 1. The van der Waals surface area contributed by atoms with Gasteiger partial charge in [0, 0.05) is 5.92 Å². The molecule has 4 heteroatoms. The molecule has 25 heavy (non-hydrogen) atoms. The average Bonchev–Trinajstić information content (AvgIpc) is 2.91. The van der Waals surface area contributed by atoms with Crippen molar-refractivity contribution >= 4 is 5.78 Å². The molecule has 9 atom stereocenters. The van der Waals surface area contributed by atoms with Gasteiger partial charge >= 0.3 is 0 Å². The monoisotopic (exact) mass is 352 g/mol. The highest BCUT2D eigenvalue weighted by Crippen LogP contribution is 2.65. The number of alkyl halides is 1. The molecule has 0 saturated heterocycles. The standard InChI is InChI=1S/C21H33FO3/c1-20(25)7-5-13-12-6-8-21(2)16(3-4-17(21)19(24)11-23)14(12)9-18(22)15(13)10-20/h12-18,23,25H,3-11H2,1-2H3/t12-,13-,14-,15-,16+,17-,18-,20-,21+/m1/s1. The number of aliphatic hydroxyl groups is 2. The van der Waals surface area contributed by atoms with Gasteiger partial charge < -0.3 is 10.2 Å². The highest BCUT2D eigenvalue weighted by Gasteiger charge is 2.60. The van der Waals surface area contributed by atoms with Crippen LogP contribution in [0.1, 0.15) is 65.2 Å².